The number of hydrogen-bond donors (Lipinski definition) is 2. The Labute approximate surface area is 126 Å². The zero-order valence-electron chi connectivity index (χ0n) is 11.9. The minimum absolute atomic E-state index is 0.116. The lowest BCUT2D eigenvalue weighted by Crippen LogP contribution is -2.23. The molecule has 0 aliphatic rings. The Morgan fingerprint density at radius 3 is 2.86 bits per heavy atom. The summed E-state index contributed by atoms with van der Waals surface area (Å²) in [4.78, 5) is 12.6. The molecule has 0 saturated heterocycles. The number of nitrogens with two attached hydrogens (primary N) is 1. The van der Waals surface area contributed by atoms with Crippen molar-refractivity contribution < 1.29 is 9.18 Å². The van der Waals surface area contributed by atoms with E-state index in [1.54, 1.807) is 12.1 Å². The fourth-order valence-corrected chi connectivity index (χ4v) is 2.59. The van der Waals surface area contributed by atoms with E-state index in [1.807, 2.05) is 13.8 Å². The third-order valence-electron chi connectivity index (χ3n) is 3.06. The third-order valence-corrected chi connectivity index (χ3v) is 3.80. The number of carbonyl (C=O) groups is 1. The molecule has 2 aromatic rings. The largest absolute Gasteiger partial charge is 0.347 e. The molecule has 5 nitrogen and oxygen atoms in total. The monoisotopic (exact) mass is 308 g/mol. The van der Waals surface area contributed by atoms with Crippen molar-refractivity contribution in [1.29, 1.82) is 0 Å². The summed E-state index contributed by atoms with van der Waals surface area (Å²) in [5.41, 5.74) is 7.25. The second-order valence-electron chi connectivity index (χ2n) is 4.95. The van der Waals surface area contributed by atoms with Crippen LogP contribution in [0.5, 0.6) is 0 Å². The lowest BCUT2D eigenvalue weighted by molar-refractivity contribution is 0.0953. The van der Waals surface area contributed by atoms with Gasteiger partial charge in [0.25, 0.3) is 5.91 Å². The van der Waals surface area contributed by atoms with Crippen molar-refractivity contribution in [1.82, 2.24) is 14.9 Å². The molecule has 0 aliphatic carbocycles. The molecule has 21 heavy (non-hydrogen) atoms. The zero-order chi connectivity index (χ0) is 15.4. The van der Waals surface area contributed by atoms with Crippen LogP contribution in [0.4, 0.5) is 4.39 Å². The zero-order valence-corrected chi connectivity index (χ0v) is 12.7. The Morgan fingerprint density at radius 1 is 1.48 bits per heavy atom. The molecule has 1 aromatic heterocycles. The Balaban J connectivity index is 2.06. The number of nitrogens with zero attached hydrogens (tertiary/aromatic N) is 2. The summed E-state index contributed by atoms with van der Waals surface area (Å²) in [6.45, 7) is 4.29. The maximum absolute atomic E-state index is 13.8. The smallest absolute Gasteiger partial charge is 0.265 e. The molecular weight excluding hydrogens is 291 g/mol. The average molecular weight is 308 g/mol. The molecule has 2 rings (SSSR count). The van der Waals surface area contributed by atoms with Gasteiger partial charge >= 0.3 is 0 Å². The van der Waals surface area contributed by atoms with E-state index < -0.39 is 0 Å². The molecule has 112 valence electrons. The normalized spacial score (nSPS) is 10.9. The molecule has 7 heteroatoms. The summed E-state index contributed by atoms with van der Waals surface area (Å²) in [5.74, 6) is -0.536. The van der Waals surface area contributed by atoms with Crippen molar-refractivity contribution >= 4 is 17.4 Å². The predicted octanol–water partition coefficient (Wildman–Crippen LogP) is 2.19. The van der Waals surface area contributed by atoms with Crippen molar-refractivity contribution in [2.24, 2.45) is 5.73 Å². The molecule has 0 spiro atoms. The fourth-order valence-electron chi connectivity index (χ4n) is 1.85. The Bertz CT molecular complexity index is 642. The van der Waals surface area contributed by atoms with Crippen LogP contribution in [-0.4, -0.2) is 15.5 Å². The van der Waals surface area contributed by atoms with Gasteiger partial charge in [-0.3, -0.25) is 4.79 Å². The standard InChI is InChI=1S/C14H17FN4OS/c1-8(2)12-13(21-19-18-12)14(20)17-7-10-4-3-9(6-16)5-11(10)15/h3-5,8H,6-7,16H2,1-2H3,(H,17,20). The maximum Gasteiger partial charge on any atom is 0.265 e. The first-order chi connectivity index (χ1) is 10.0. The lowest BCUT2D eigenvalue weighted by Gasteiger charge is -2.08. The molecule has 1 aromatic carbocycles. The van der Waals surface area contributed by atoms with Crippen LogP contribution < -0.4 is 11.1 Å². The van der Waals surface area contributed by atoms with E-state index in [0.717, 1.165) is 17.1 Å². The van der Waals surface area contributed by atoms with Gasteiger partial charge in [0, 0.05) is 18.7 Å². The molecule has 0 aliphatic heterocycles. The van der Waals surface area contributed by atoms with Gasteiger partial charge in [-0.25, -0.2) is 4.39 Å². The van der Waals surface area contributed by atoms with Crippen molar-refractivity contribution in [3.63, 3.8) is 0 Å². The molecule has 0 fully saturated rings. The molecular formula is C14H17FN4OS. The van der Waals surface area contributed by atoms with Gasteiger partial charge < -0.3 is 11.1 Å². The number of amides is 1. The van der Waals surface area contributed by atoms with E-state index in [0.29, 0.717) is 16.1 Å². The van der Waals surface area contributed by atoms with Crippen LogP contribution >= 0.6 is 11.5 Å². The van der Waals surface area contributed by atoms with Crippen LogP contribution in [0.1, 0.15) is 46.3 Å². The Morgan fingerprint density at radius 2 is 2.24 bits per heavy atom. The first kappa shape index (κ1) is 15.5. The van der Waals surface area contributed by atoms with Gasteiger partial charge in [0.15, 0.2) is 0 Å². The number of benzene rings is 1. The third kappa shape index (κ3) is 3.62. The highest BCUT2D eigenvalue weighted by molar-refractivity contribution is 7.08. The molecule has 0 atom stereocenters. The summed E-state index contributed by atoms with van der Waals surface area (Å²) in [6, 6.07) is 4.76. The van der Waals surface area contributed by atoms with Gasteiger partial charge in [-0.05, 0) is 29.1 Å². The number of hydrogen-bond acceptors (Lipinski definition) is 5. The Kier molecular flexibility index (Phi) is 4.98. The molecule has 1 amide bonds. The number of rotatable bonds is 5. The minimum Gasteiger partial charge on any atom is -0.347 e. The van der Waals surface area contributed by atoms with Crippen molar-refractivity contribution in [2.75, 3.05) is 0 Å². The first-order valence-electron chi connectivity index (χ1n) is 6.60. The topological polar surface area (TPSA) is 80.9 Å². The highest BCUT2D eigenvalue weighted by Crippen LogP contribution is 2.19. The second kappa shape index (κ2) is 6.73. The summed E-state index contributed by atoms with van der Waals surface area (Å²) >= 11 is 1.05. The highest BCUT2D eigenvalue weighted by atomic mass is 32.1. The summed E-state index contributed by atoms with van der Waals surface area (Å²) in [7, 11) is 0. The van der Waals surface area contributed by atoms with Crippen LogP contribution in [0.3, 0.4) is 0 Å². The molecule has 1 heterocycles. The van der Waals surface area contributed by atoms with E-state index in [2.05, 4.69) is 14.9 Å². The van der Waals surface area contributed by atoms with Crippen molar-refractivity contribution in [2.45, 2.75) is 32.9 Å². The van der Waals surface area contributed by atoms with Crippen LogP contribution in [-0.2, 0) is 13.1 Å². The second-order valence-corrected chi connectivity index (χ2v) is 5.71. The van der Waals surface area contributed by atoms with Crippen LogP contribution in [0.2, 0.25) is 0 Å². The molecule has 0 bridgehead atoms. The van der Waals surface area contributed by atoms with Crippen molar-refractivity contribution in [3.8, 4) is 0 Å². The Hall–Kier alpha value is -1.86. The molecule has 0 saturated carbocycles. The van der Waals surface area contributed by atoms with Gasteiger partial charge in [-0.15, -0.1) is 5.10 Å². The highest BCUT2D eigenvalue weighted by Gasteiger charge is 2.18. The number of carbonyl (C=O) groups excluding carboxylic acids is 1. The van der Waals surface area contributed by atoms with Gasteiger partial charge in [0.05, 0.1) is 5.69 Å². The predicted molar refractivity (Wildman–Crippen MR) is 79.5 cm³/mol. The summed E-state index contributed by atoms with van der Waals surface area (Å²) in [5, 5.41) is 6.65. The SMILES string of the molecule is CC(C)c1nnsc1C(=O)NCc1ccc(CN)cc1F. The number of aromatic nitrogens is 2. The molecule has 0 unspecified atom stereocenters. The quantitative estimate of drug-likeness (QED) is 0.887. The molecule has 0 radical (unpaired) electrons. The van der Waals surface area contributed by atoms with Crippen molar-refractivity contribution in [3.05, 3.63) is 45.7 Å². The van der Waals surface area contributed by atoms with E-state index in [-0.39, 0.29) is 30.7 Å². The van der Waals surface area contributed by atoms with Crippen LogP contribution in [0.15, 0.2) is 18.2 Å². The van der Waals surface area contributed by atoms with Gasteiger partial charge in [0.1, 0.15) is 10.7 Å². The van der Waals surface area contributed by atoms with E-state index in [1.165, 1.54) is 6.07 Å². The molecule has 3 N–H and O–H groups in total. The average Bonchev–Trinajstić information content (AvgIpc) is 2.95. The van der Waals surface area contributed by atoms with Crippen LogP contribution in [0, 0.1) is 5.82 Å². The minimum atomic E-state index is -0.371. The van der Waals surface area contributed by atoms with E-state index in [4.69, 9.17) is 5.73 Å². The van der Waals surface area contributed by atoms with Gasteiger partial charge in [-0.1, -0.05) is 30.5 Å². The summed E-state index contributed by atoms with van der Waals surface area (Å²) in [6.07, 6.45) is 0. The number of halogens is 1. The van der Waals surface area contributed by atoms with E-state index >= 15 is 0 Å². The van der Waals surface area contributed by atoms with Gasteiger partial charge in [0.2, 0.25) is 0 Å². The van der Waals surface area contributed by atoms with E-state index in [9.17, 15) is 9.18 Å². The summed E-state index contributed by atoms with van der Waals surface area (Å²) < 4.78 is 17.6. The maximum atomic E-state index is 13.8. The fraction of sp³-hybridized carbons (Fsp3) is 0.357. The number of nitrogens with one attached hydrogen (secondary N) is 1. The lowest BCUT2D eigenvalue weighted by atomic mass is 10.1. The van der Waals surface area contributed by atoms with Gasteiger partial charge in [-0.2, -0.15) is 0 Å². The first-order valence-corrected chi connectivity index (χ1v) is 7.38. The van der Waals surface area contributed by atoms with Crippen LogP contribution in [0.25, 0.3) is 0 Å².